The fourth-order valence-electron chi connectivity index (χ4n) is 1.37. The van der Waals surface area contributed by atoms with Gasteiger partial charge in [-0.25, -0.2) is 19.0 Å². The Hall–Kier alpha value is -2.28. The third kappa shape index (κ3) is 9.16. The third-order valence-electron chi connectivity index (χ3n) is 2.90. The molecule has 0 saturated heterocycles. The molecule has 0 radical (unpaired) electrons. The van der Waals surface area contributed by atoms with Gasteiger partial charge in [-0.15, -0.1) is 0 Å². The van der Waals surface area contributed by atoms with E-state index in [4.69, 9.17) is 0 Å². The van der Waals surface area contributed by atoms with Crippen LogP contribution in [0.1, 0.15) is 20.3 Å². The van der Waals surface area contributed by atoms with Crippen molar-refractivity contribution in [1.82, 2.24) is 0 Å². The average Bonchev–Trinajstić information content (AvgIpc) is 2.61. The summed E-state index contributed by atoms with van der Waals surface area (Å²) in [6.45, 7) is -0.115. The van der Waals surface area contributed by atoms with Crippen LogP contribution >= 0.6 is 0 Å². The Balaban J connectivity index is 5.49. The first-order valence-corrected chi connectivity index (χ1v) is 8.26. The second kappa shape index (κ2) is 10.5. The molecule has 0 rings (SSSR count). The van der Waals surface area contributed by atoms with Gasteiger partial charge in [-0.2, -0.15) is 52.7 Å². The summed E-state index contributed by atoms with van der Waals surface area (Å²) in [6, 6.07) is 0. The SMILES string of the molecule is C=C(C)C(=O)OCC(F)(F)OC(F)(F)C(F)(F)OC(F)(F)C(F)(F)OC(F)(F)COC(=O)CC. The molecule has 0 spiro atoms. The number of rotatable bonds is 14. The minimum Gasteiger partial charge on any atom is -0.456 e. The summed E-state index contributed by atoms with van der Waals surface area (Å²) in [4.78, 5) is 21.6. The van der Waals surface area contributed by atoms with E-state index in [0.29, 0.717) is 0 Å². The first kappa shape index (κ1) is 31.7. The smallest absolute Gasteiger partial charge is 0.453 e. The van der Waals surface area contributed by atoms with Gasteiger partial charge in [-0.05, 0) is 6.92 Å². The first-order valence-electron chi connectivity index (χ1n) is 8.26. The van der Waals surface area contributed by atoms with Crippen molar-refractivity contribution in [2.75, 3.05) is 13.2 Å². The van der Waals surface area contributed by atoms with Gasteiger partial charge in [0.15, 0.2) is 13.2 Å². The van der Waals surface area contributed by atoms with Crippen LogP contribution in [0.25, 0.3) is 0 Å². The highest BCUT2D eigenvalue weighted by atomic mass is 19.4. The maximum Gasteiger partial charge on any atom is 0.453 e. The quantitative estimate of drug-likeness (QED) is 0.182. The van der Waals surface area contributed by atoms with E-state index in [1.54, 1.807) is 0 Å². The molecule has 34 heavy (non-hydrogen) atoms. The second-order valence-corrected chi connectivity index (χ2v) is 6.02. The van der Waals surface area contributed by atoms with Gasteiger partial charge in [0, 0.05) is 12.0 Å². The Labute approximate surface area is 181 Å². The second-order valence-electron chi connectivity index (χ2n) is 6.02. The molecule has 0 aliphatic heterocycles. The van der Waals surface area contributed by atoms with E-state index in [1.807, 2.05) is 4.74 Å². The zero-order valence-electron chi connectivity index (χ0n) is 16.7. The molecule has 19 heteroatoms. The van der Waals surface area contributed by atoms with Crippen LogP contribution in [0.15, 0.2) is 12.2 Å². The summed E-state index contributed by atoms with van der Waals surface area (Å²) in [7, 11) is 0. The summed E-state index contributed by atoms with van der Waals surface area (Å²) in [5.41, 5.74) is -0.570. The normalized spacial score (nSPS) is 14.1. The predicted octanol–water partition coefficient (Wildman–Crippen LogP) is 4.67. The lowest BCUT2D eigenvalue weighted by Gasteiger charge is -2.34. The maximum absolute atomic E-state index is 13.3. The molecule has 0 aliphatic rings. The van der Waals surface area contributed by atoms with Gasteiger partial charge in [0.05, 0.1) is 0 Å². The number of ether oxygens (including phenoxy) is 5. The fraction of sp³-hybridized carbons (Fsp3) is 0.733. The Morgan fingerprint density at radius 3 is 1.29 bits per heavy atom. The lowest BCUT2D eigenvalue weighted by Crippen LogP contribution is -2.58. The number of hydrogen-bond donors (Lipinski definition) is 0. The summed E-state index contributed by atoms with van der Waals surface area (Å²) in [6.07, 6.45) is -39.4. The minimum atomic E-state index is -7.05. The van der Waals surface area contributed by atoms with Crippen molar-refractivity contribution in [2.45, 2.75) is 56.9 Å². The Morgan fingerprint density at radius 2 is 0.971 bits per heavy atom. The fourth-order valence-corrected chi connectivity index (χ4v) is 1.37. The molecule has 200 valence electrons. The lowest BCUT2D eigenvalue weighted by molar-refractivity contribution is -0.558. The minimum absolute atomic E-state index is 0.570. The molecule has 0 aliphatic carbocycles. The number of hydrogen-bond acceptors (Lipinski definition) is 7. The lowest BCUT2D eigenvalue weighted by atomic mass is 10.4. The van der Waals surface area contributed by atoms with Crippen LogP contribution in [0.3, 0.4) is 0 Å². The van der Waals surface area contributed by atoms with Crippen molar-refractivity contribution in [3.05, 3.63) is 12.2 Å². The van der Waals surface area contributed by atoms with Crippen LogP contribution < -0.4 is 0 Å². The molecule has 0 saturated carbocycles. The standard InChI is InChI=1S/C15H14F12O7/c1-4-8(28)30-5-10(16,17)32-12(20,21)14(24,25)34-15(26,27)13(22,23)33-11(18,19)6-31-9(29)7(2)3/h2,4-6H2,1,3H3. The van der Waals surface area contributed by atoms with E-state index in [0.717, 1.165) is 13.8 Å². The molecule has 0 aromatic carbocycles. The van der Waals surface area contributed by atoms with Crippen LogP contribution in [0.4, 0.5) is 52.7 Å². The Morgan fingerprint density at radius 1 is 0.647 bits per heavy atom. The van der Waals surface area contributed by atoms with Gasteiger partial charge < -0.3 is 9.47 Å². The van der Waals surface area contributed by atoms with E-state index in [9.17, 15) is 62.3 Å². The number of carbonyl (C=O) groups excluding carboxylic acids is 2. The molecule has 0 aromatic heterocycles. The number of carbonyl (C=O) groups is 2. The summed E-state index contributed by atoms with van der Waals surface area (Å²) < 4.78 is 173. The van der Waals surface area contributed by atoms with Crippen molar-refractivity contribution >= 4 is 11.9 Å². The molecule has 0 fully saturated rings. The molecule has 0 atom stereocenters. The topological polar surface area (TPSA) is 80.3 Å². The van der Waals surface area contributed by atoms with E-state index >= 15 is 0 Å². The third-order valence-corrected chi connectivity index (χ3v) is 2.90. The molecule has 0 N–H and O–H groups in total. The Kier molecular flexibility index (Phi) is 9.84. The van der Waals surface area contributed by atoms with E-state index < -0.39 is 73.8 Å². The van der Waals surface area contributed by atoms with Crippen LogP contribution in [-0.2, 0) is 33.3 Å². The Bertz CT molecular complexity index is 754. The summed E-state index contributed by atoms with van der Waals surface area (Å²) >= 11 is 0. The summed E-state index contributed by atoms with van der Waals surface area (Å²) in [5, 5.41) is 0. The summed E-state index contributed by atoms with van der Waals surface area (Å²) in [5.74, 6) is -3.11. The van der Waals surface area contributed by atoms with Gasteiger partial charge in [0.25, 0.3) is 0 Å². The van der Waals surface area contributed by atoms with Crippen molar-refractivity contribution in [3.63, 3.8) is 0 Å². The first-order chi connectivity index (χ1) is 14.9. The van der Waals surface area contributed by atoms with Crippen molar-refractivity contribution in [1.29, 1.82) is 0 Å². The molecule has 0 amide bonds. The van der Waals surface area contributed by atoms with Gasteiger partial charge in [0.1, 0.15) is 0 Å². The van der Waals surface area contributed by atoms with Gasteiger partial charge >= 0.3 is 48.6 Å². The van der Waals surface area contributed by atoms with Gasteiger partial charge in [-0.3, -0.25) is 4.79 Å². The van der Waals surface area contributed by atoms with Crippen LogP contribution in [-0.4, -0.2) is 61.8 Å². The van der Waals surface area contributed by atoms with Crippen LogP contribution in [0.5, 0.6) is 0 Å². The molecule has 7 nitrogen and oxygen atoms in total. The highest BCUT2D eigenvalue weighted by molar-refractivity contribution is 5.86. The molecule has 0 unspecified atom stereocenters. The van der Waals surface area contributed by atoms with E-state index in [-0.39, 0.29) is 0 Å². The zero-order valence-corrected chi connectivity index (χ0v) is 16.7. The molecular weight excluding hydrogens is 520 g/mol. The maximum atomic E-state index is 13.3. The number of alkyl halides is 12. The predicted molar refractivity (Wildman–Crippen MR) is 80.0 cm³/mol. The number of halogens is 12. The van der Waals surface area contributed by atoms with Crippen molar-refractivity contribution < 1.29 is 86.0 Å². The van der Waals surface area contributed by atoms with Crippen molar-refractivity contribution in [2.24, 2.45) is 0 Å². The van der Waals surface area contributed by atoms with Gasteiger partial charge in [0.2, 0.25) is 0 Å². The van der Waals surface area contributed by atoms with Gasteiger partial charge in [-0.1, -0.05) is 13.5 Å². The molecular formula is C15H14F12O7. The number of esters is 2. The molecule has 0 heterocycles. The van der Waals surface area contributed by atoms with E-state index in [1.165, 1.54) is 0 Å². The average molecular weight is 534 g/mol. The molecule has 0 bridgehead atoms. The highest BCUT2D eigenvalue weighted by Crippen LogP contribution is 2.48. The monoisotopic (exact) mass is 534 g/mol. The largest absolute Gasteiger partial charge is 0.456 e. The van der Waals surface area contributed by atoms with Crippen molar-refractivity contribution in [3.8, 4) is 0 Å². The van der Waals surface area contributed by atoms with Crippen LogP contribution in [0.2, 0.25) is 0 Å². The highest BCUT2D eigenvalue weighted by Gasteiger charge is 2.74. The molecule has 0 aromatic rings. The van der Waals surface area contributed by atoms with E-state index in [2.05, 4.69) is 25.5 Å². The zero-order chi connectivity index (χ0) is 27.4. The van der Waals surface area contributed by atoms with Crippen LogP contribution in [0, 0.1) is 0 Å².